The Morgan fingerprint density at radius 2 is 2.00 bits per heavy atom. The molecule has 2 rings (SSSR count). The van der Waals surface area contributed by atoms with Gasteiger partial charge in [0.15, 0.2) is 0 Å². The van der Waals surface area contributed by atoms with Crippen LogP contribution >= 0.6 is 23.2 Å². The van der Waals surface area contributed by atoms with Crippen molar-refractivity contribution < 1.29 is 4.74 Å². The molecule has 0 radical (unpaired) electrons. The molecule has 1 fully saturated rings. The Morgan fingerprint density at radius 1 is 1.31 bits per heavy atom. The van der Waals surface area contributed by atoms with Crippen LogP contribution in [0.5, 0.6) is 0 Å². The van der Waals surface area contributed by atoms with Crippen molar-refractivity contribution in [3.8, 4) is 0 Å². The number of hydrogen-bond acceptors (Lipinski definition) is 5. The first-order chi connectivity index (χ1) is 7.70. The minimum Gasteiger partial charge on any atom is -0.377 e. The number of morpholine rings is 1. The largest absolute Gasteiger partial charge is 0.377 e. The van der Waals surface area contributed by atoms with Crippen molar-refractivity contribution in [3.05, 3.63) is 10.6 Å². The predicted molar refractivity (Wildman–Crippen MR) is 62.1 cm³/mol. The highest BCUT2D eigenvalue weighted by Crippen LogP contribution is 2.19. The summed E-state index contributed by atoms with van der Waals surface area (Å²) < 4.78 is 5.41. The molecule has 2 heterocycles. The molecule has 0 saturated carbocycles. The Hall–Kier alpha value is -0.650. The zero-order chi connectivity index (χ0) is 11.5. The van der Waals surface area contributed by atoms with Gasteiger partial charge in [0.05, 0.1) is 19.3 Å². The number of nitrogens with zero attached hydrogens (tertiary/aromatic N) is 4. The van der Waals surface area contributed by atoms with Crippen molar-refractivity contribution in [1.29, 1.82) is 0 Å². The van der Waals surface area contributed by atoms with Crippen LogP contribution in [0.2, 0.25) is 10.6 Å². The monoisotopic (exact) mass is 262 g/mol. The maximum absolute atomic E-state index is 5.76. The summed E-state index contributed by atoms with van der Waals surface area (Å²) in [6.45, 7) is 4.18. The molecule has 1 aliphatic heterocycles. The summed E-state index contributed by atoms with van der Waals surface area (Å²) in [5, 5.41) is 0.243. The molecule has 0 amide bonds. The summed E-state index contributed by atoms with van der Waals surface area (Å²) in [6, 6.07) is 0.267. The van der Waals surface area contributed by atoms with Gasteiger partial charge in [0.25, 0.3) is 0 Å². The van der Waals surface area contributed by atoms with Crippen molar-refractivity contribution in [1.82, 2.24) is 15.0 Å². The van der Waals surface area contributed by atoms with Crippen molar-refractivity contribution in [2.24, 2.45) is 0 Å². The smallest absolute Gasteiger partial charge is 0.231 e. The Bertz CT molecular complexity index is 356. The van der Waals surface area contributed by atoms with Gasteiger partial charge in [-0.15, -0.1) is 0 Å². The second-order valence-corrected chi connectivity index (χ2v) is 4.18. The first-order valence-corrected chi connectivity index (χ1v) is 5.87. The standard InChI is InChI=1S/C9H12Cl2N4O/c1-2-6-5-16-4-3-15(6)9-13-7(10)12-8(11)14-9/h6H,2-5H2,1H3. The molecule has 1 aromatic heterocycles. The van der Waals surface area contributed by atoms with E-state index < -0.39 is 0 Å². The van der Waals surface area contributed by atoms with Crippen molar-refractivity contribution >= 4 is 29.2 Å². The van der Waals surface area contributed by atoms with Crippen LogP contribution in [-0.4, -0.2) is 40.8 Å². The number of halogens is 2. The first kappa shape index (κ1) is 11.8. The molecular formula is C9H12Cl2N4O. The Kier molecular flexibility index (Phi) is 3.78. The van der Waals surface area contributed by atoms with E-state index in [9.17, 15) is 0 Å². The lowest BCUT2D eigenvalue weighted by molar-refractivity contribution is 0.0921. The van der Waals surface area contributed by atoms with Crippen LogP contribution in [0.1, 0.15) is 13.3 Å². The third-order valence-electron chi connectivity index (χ3n) is 2.52. The molecule has 16 heavy (non-hydrogen) atoms. The van der Waals surface area contributed by atoms with E-state index in [0.29, 0.717) is 19.2 Å². The number of aromatic nitrogens is 3. The molecule has 0 aliphatic carbocycles. The van der Waals surface area contributed by atoms with E-state index in [1.165, 1.54) is 0 Å². The van der Waals surface area contributed by atoms with E-state index in [-0.39, 0.29) is 16.6 Å². The molecule has 1 unspecified atom stereocenters. The fourth-order valence-corrected chi connectivity index (χ4v) is 2.06. The van der Waals surface area contributed by atoms with Crippen LogP contribution in [0.3, 0.4) is 0 Å². The van der Waals surface area contributed by atoms with E-state index in [0.717, 1.165) is 13.0 Å². The lowest BCUT2D eigenvalue weighted by Crippen LogP contribution is -2.46. The van der Waals surface area contributed by atoms with E-state index in [4.69, 9.17) is 27.9 Å². The molecule has 1 aromatic rings. The second kappa shape index (κ2) is 5.12. The maximum Gasteiger partial charge on any atom is 0.231 e. The van der Waals surface area contributed by atoms with Crippen LogP contribution in [-0.2, 0) is 4.74 Å². The summed E-state index contributed by atoms with van der Waals surface area (Å²) in [5.74, 6) is 0.528. The van der Waals surface area contributed by atoms with Gasteiger partial charge in [0.2, 0.25) is 16.5 Å². The summed E-state index contributed by atoms with van der Waals surface area (Å²) in [5.41, 5.74) is 0. The van der Waals surface area contributed by atoms with E-state index in [2.05, 4.69) is 26.8 Å². The minimum atomic E-state index is 0.122. The number of anilines is 1. The van der Waals surface area contributed by atoms with Crippen LogP contribution in [0.25, 0.3) is 0 Å². The van der Waals surface area contributed by atoms with Crippen LogP contribution in [0.15, 0.2) is 0 Å². The number of ether oxygens (including phenoxy) is 1. The van der Waals surface area contributed by atoms with Gasteiger partial charge >= 0.3 is 0 Å². The normalized spacial score (nSPS) is 21.2. The van der Waals surface area contributed by atoms with Gasteiger partial charge in [-0.2, -0.15) is 15.0 Å². The Labute approximate surface area is 104 Å². The van der Waals surface area contributed by atoms with Crippen LogP contribution in [0.4, 0.5) is 5.95 Å². The zero-order valence-electron chi connectivity index (χ0n) is 8.86. The molecule has 0 bridgehead atoms. The van der Waals surface area contributed by atoms with E-state index in [1.54, 1.807) is 0 Å². The lowest BCUT2D eigenvalue weighted by atomic mass is 10.2. The average Bonchev–Trinajstić information content (AvgIpc) is 2.27. The van der Waals surface area contributed by atoms with Crippen molar-refractivity contribution in [2.45, 2.75) is 19.4 Å². The van der Waals surface area contributed by atoms with Crippen LogP contribution < -0.4 is 4.90 Å². The average molecular weight is 263 g/mol. The molecule has 1 saturated heterocycles. The second-order valence-electron chi connectivity index (χ2n) is 3.50. The third-order valence-corrected chi connectivity index (χ3v) is 2.86. The summed E-state index contributed by atoms with van der Waals surface area (Å²) in [7, 11) is 0. The SMILES string of the molecule is CCC1COCCN1c1nc(Cl)nc(Cl)n1. The topological polar surface area (TPSA) is 51.1 Å². The molecule has 1 aliphatic rings. The molecule has 0 aromatic carbocycles. The lowest BCUT2D eigenvalue weighted by Gasteiger charge is -2.34. The Morgan fingerprint density at radius 3 is 2.62 bits per heavy atom. The van der Waals surface area contributed by atoms with Gasteiger partial charge in [-0.1, -0.05) is 6.92 Å². The third kappa shape index (κ3) is 2.53. The van der Waals surface area contributed by atoms with E-state index in [1.807, 2.05) is 0 Å². The molecular weight excluding hydrogens is 251 g/mol. The number of rotatable bonds is 2. The summed E-state index contributed by atoms with van der Waals surface area (Å²) in [6.07, 6.45) is 0.959. The highest BCUT2D eigenvalue weighted by molar-refractivity contribution is 6.31. The minimum absolute atomic E-state index is 0.122. The highest BCUT2D eigenvalue weighted by atomic mass is 35.5. The fraction of sp³-hybridized carbons (Fsp3) is 0.667. The quantitative estimate of drug-likeness (QED) is 0.814. The molecule has 7 heteroatoms. The molecule has 0 N–H and O–H groups in total. The highest BCUT2D eigenvalue weighted by Gasteiger charge is 2.24. The van der Waals surface area contributed by atoms with Gasteiger partial charge in [-0.25, -0.2) is 0 Å². The molecule has 1 atom stereocenters. The molecule has 88 valence electrons. The van der Waals surface area contributed by atoms with Gasteiger partial charge in [0, 0.05) is 6.54 Å². The van der Waals surface area contributed by atoms with Crippen molar-refractivity contribution in [2.75, 3.05) is 24.7 Å². The number of hydrogen-bond donors (Lipinski definition) is 0. The summed E-state index contributed by atoms with van der Waals surface area (Å²) >= 11 is 11.5. The first-order valence-electron chi connectivity index (χ1n) is 5.12. The maximum atomic E-state index is 5.76. The summed E-state index contributed by atoms with van der Waals surface area (Å²) in [4.78, 5) is 14.0. The molecule has 0 spiro atoms. The predicted octanol–water partition coefficient (Wildman–Crippen LogP) is 1.79. The van der Waals surface area contributed by atoms with Gasteiger partial charge in [-0.05, 0) is 29.6 Å². The van der Waals surface area contributed by atoms with E-state index >= 15 is 0 Å². The fourth-order valence-electron chi connectivity index (χ4n) is 1.70. The van der Waals surface area contributed by atoms with Crippen molar-refractivity contribution in [3.63, 3.8) is 0 Å². The van der Waals surface area contributed by atoms with Gasteiger partial charge in [-0.3, -0.25) is 0 Å². The molecule has 5 nitrogen and oxygen atoms in total. The van der Waals surface area contributed by atoms with Crippen LogP contribution in [0, 0.1) is 0 Å². The van der Waals surface area contributed by atoms with Gasteiger partial charge < -0.3 is 9.64 Å². The zero-order valence-corrected chi connectivity index (χ0v) is 10.4. The van der Waals surface area contributed by atoms with Gasteiger partial charge in [0.1, 0.15) is 0 Å². The Balaban J connectivity index is 2.26.